The number of hydrazine groups is 2. The number of aryl methyl sites for hydroxylation is 1. The summed E-state index contributed by atoms with van der Waals surface area (Å²) in [5, 5.41) is 2.38. The van der Waals surface area contributed by atoms with Crippen LogP contribution < -0.4 is 26.2 Å². The lowest BCUT2D eigenvalue weighted by Gasteiger charge is -2.02. The molecule has 2 aromatic heterocycles. The van der Waals surface area contributed by atoms with E-state index in [1.165, 1.54) is 6.34 Å². The molecule has 0 aliphatic rings. The Kier molecular flexibility index (Phi) is 5.43. The summed E-state index contributed by atoms with van der Waals surface area (Å²) in [6, 6.07) is 11.6. The minimum absolute atomic E-state index is 0.0855. The number of nitrogens with one attached hydrogen (secondary N) is 3. The number of nitrogens with two attached hydrogens (primary N) is 1. The highest BCUT2D eigenvalue weighted by Gasteiger charge is 2.20. The number of fused-ring (bicyclic) bond motifs is 1. The Bertz CT molecular complexity index is 1070. The van der Waals surface area contributed by atoms with Crippen molar-refractivity contribution in [3.05, 3.63) is 54.4 Å². The minimum Gasteiger partial charge on any atom is -0.276 e. The van der Waals surface area contributed by atoms with Gasteiger partial charge in [-0.05, 0) is 11.6 Å². The van der Waals surface area contributed by atoms with Gasteiger partial charge in [-0.15, -0.1) is 0 Å². The summed E-state index contributed by atoms with van der Waals surface area (Å²) in [6.07, 6.45) is 5.11. The number of imidazole rings is 1. The van der Waals surface area contributed by atoms with Gasteiger partial charge in [0.25, 0.3) is 12.0 Å². The van der Waals surface area contributed by atoms with E-state index in [1.807, 2.05) is 52.5 Å². The van der Waals surface area contributed by atoms with Crippen LogP contribution in [0.2, 0.25) is 0 Å². The standard InChI is InChI=1S/C18H23N6O2S/c1-3-27(25,26)16-8-9-18-23(2)17(12-24(18)11-16)15-6-4-14(5-7-15)10-21-22-13-20-19/h4-9,11-13,21H,3,10,19H2,1-2H3,(H,20,22)/q+1/p+1. The van der Waals surface area contributed by atoms with E-state index in [9.17, 15) is 8.42 Å². The fraction of sp³-hybridized carbons (Fsp3) is 0.222. The Balaban J connectivity index is 1.89. The van der Waals surface area contributed by atoms with Crippen LogP contribution in [0.25, 0.3) is 16.9 Å². The van der Waals surface area contributed by atoms with Crippen LogP contribution in [0.5, 0.6) is 0 Å². The number of rotatable bonds is 7. The highest BCUT2D eigenvalue weighted by Crippen LogP contribution is 2.21. The molecule has 0 saturated carbocycles. The summed E-state index contributed by atoms with van der Waals surface area (Å²) in [4.78, 5) is 0.331. The molecule has 0 amide bonds. The molecule has 0 fully saturated rings. The Morgan fingerprint density at radius 3 is 2.59 bits per heavy atom. The van der Waals surface area contributed by atoms with Gasteiger partial charge in [0.05, 0.1) is 19.3 Å². The SMILES string of the molecule is CCS(=O)(=O)c1ccc2n(C)c(-c3ccc(CNNC=[NH+]N)cc3)c[n+]2c1. The fourth-order valence-electron chi connectivity index (χ4n) is 2.88. The molecule has 0 unspecified atom stereocenters. The van der Waals surface area contributed by atoms with E-state index in [4.69, 9.17) is 5.84 Å². The van der Waals surface area contributed by atoms with Crippen LogP contribution in [0.4, 0.5) is 0 Å². The summed E-state index contributed by atoms with van der Waals surface area (Å²) in [6.45, 7) is 2.29. The van der Waals surface area contributed by atoms with Crippen molar-refractivity contribution in [3.63, 3.8) is 0 Å². The van der Waals surface area contributed by atoms with Crippen LogP contribution in [0, 0.1) is 0 Å². The van der Waals surface area contributed by atoms with Gasteiger partial charge in [-0.3, -0.25) is 5.84 Å². The van der Waals surface area contributed by atoms with E-state index in [-0.39, 0.29) is 5.75 Å². The average Bonchev–Trinajstić information content (AvgIpc) is 3.02. The van der Waals surface area contributed by atoms with Crippen molar-refractivity contribution in [2.75, 3.05) is 5.75 Å². The van der Waals surface area contributed by atoms with Gasteiger partial charge in [-0.1, -0.05) is 31.2 Å². The third kappa shape index (κ3) is 3.93. The normalized spacial score (nSPS) is 12.1. The molecule has 0 radical (unpaired) electrons. The van der Waals surface area contributed by atoms with Crippen molar-refractivity contribution in [1.29, 1.82) is 0 Å². The number of aromatic nitrogens is 2. The quantitative estimate of drug-likeness (QED) is 0.102. The van der Waals surface area contributed by atoms with Gasteiger partial charge in [0, 0.05) is 11.6 Å². The molecule has 0 bridgehead atoms. The summed E-state index contributed by atoms with van der Waals surface area (Å²) in [5.41, 5.74) is 9.89. The van der Waals surface area contributed by atoms with Crippen LogP contribution in [-0.2, 0) is 23.4 Å². The molecular weight excluding hydrogens is 364 g/mol. The van der Waals surface area contributed by atoms with Crippen molar-refractivity contribution in [2.24, 2.45) is 12.9 Å². The first-order valence-electron chi connectivity index (χ1n) is 8.55. The molecule has 0 spiro atoms. The van der Waals surface area contributed by atoms with Crippen LogP contribution in [0.1, 0.15) is 12.5 Å². The van der Waals surface area contributed by atoms with Crippen molar-refractivity contribution >= 4 is 21.8 Å². The number of sulfone groups is 1. The first kappa shape index (κ1) is 18.9. The Hall–Kier alpha value is -2.91. The topological polar surface area (TPSA) is 107 Å². The van der Waals surface area contributed by atoms with Crippen LogP contribution in [0.15, 0.2) is 53.7 Å². The lowest BCUT2D eigenvalue weighted by atomic mass is 10.1. The predicted octanol–water partition coefficient (Wildman–Crippen LogP) is -1.20. The Morgan fingerprint density at radius 2 is 1.93 bits per heavy atom. The largest absolute Gasteiger partial charge is 0.286 e. The molecule has 2 heterocycles. The van der Waals surface area contributed by atoms with Crippen LogP contribution in [-0.4, -0.2) is 25.1 Å². The van der Waals surface area contributed by atoms with Crippen molar-refractivity contribution in [1.82, 2.24) is 15.4 Å². The molecule has 5 N–H and O–H groups in total. The summed E-state index contributed by atoms with van der Waals surface area (Å²) in [5.74, 6) is 5.22. The number of pyridine rings is 1. The molecule has 3 rings (SSSR count). The van der Waals surface area contributed by atoms with Crippen LogP contribution >= 0.6 is 0 Å². The number of hydrogen-bond donors (Lipinski definition) is 4. The van der Waals surface area contributed by atoms with Gasteiger partial charge < -0.3 is 0 Å². The van der Waals surface area contributed by atoms with Gasteiger partial charge in [0.2, 0.25) is 0 Å². The molecule has 0 saturated heterocycles. The smallest absolute Gasteiger partial charge is 0.276 e. The number of nitrogens with zero attached hydrogens (tertiary/aromatic N) is 2. The zero-order valence-electron chi connectivity index (χ0n) is 15.3. The van der Waals surface area contributed by atoms with E-state index in [1.54, 1.807) is 19.2 Å². The second-order valence-corrected chi connectivity index (χ2v) is 8.39. The zero-order chi connectivity index (χ0) is 19.4. The maximum Gasteiger partial charge on any atom is 0.286 e. The average molecular weight is 388 g/mol. The Morgan fingerprint density at radius 1 is 1.19 bits per heavy atom. The van der Waals surface area contributed by atoms with Gasteiger partial charge in [0.15, 0.2) is 15.5 Å². The second kappa shape index (κ2) is 7.77. The monoisotopic (exact) mass is 388 g/mol. The number of hydrogen-bond acceptors (Lipinski definition) is 4. The van der Waals surface area contributed by atoms with Gasteiger partial charge in [-0.25, -0.2) is 22.8 Å². The van der Waals surface area contributed by atoms with Gasteiger partial charge >= 0.3 is 0 Å². The summed E-state index contributed by atoms with van der Waals surface area (Å²) >= 11 is 0. The van der Waals surface area contributed by atoms with Gasteiger partial charge in [0.1, 0.15) is 17.3 Å². The molecule has 3 aromatic rings. The van der Waals surface area contributed by atoms with E-state index in [2.05, 4.69) is 16.0 Å². The van der Waals surface area contributed by atoms with E-state index in [0.29, 0.717) is 11.4 Å². The first-order chi connectivity index (χ1) is 13.0. The van der Waals surface area contributed by atoms with Crippen LogP contribution in [0.3, 0.4) is 0 Å². The maximum absolute atomic E-state index is 12.1. The first-order valence-corrected chi connectivity index (χ1v) is 10.2. The molecule has 0 atom stereocenters. The Labute approximate surface area is 158 Å². The van der Waals surface area contributed by atoms with Crippen molar-refractivity contribution in [3.8, 4) is 11.3 Å². The van der Waals surface area contributed by atoms with Crippen molar-refractivity contribution in [2.45, 2.75) is 18.4 Å². The van der Waals surface area contributed by atoms with E-state index in [0.717, 1.165) is 22.5 Å². The molecule has 0 aliphatic carbocycles. The molecule has 27 heavy (non-hydrogen) atoms. The third-order valence-corrected chi connectivity index (χ3v) is 6.15. The predicted molar refractivity (Wildman–Crippen MR) is 103 cm³/mol. The highest BCUT2D eigenvalue weighted by molar-refractivity contribution is 7.91. The molecule has 9 heteroatoms. The molecule has 8 nitrogen and oxygen atoms in total. The third-order valence-electron chi connectivity index (χ3n) is 4.43. The maximum atomic E-state index is 12.1. The summed E-state index contributed by atoms with van der Waals surface area (Å²) in [7, 11) is -1.27. The zero-order valence-corrected chi connectivity index (χ0v) is 16.1. The fourth-order valence-corrected chi connectivity index (χ4v) is 3.76. The number of hydrazone groups is 1. The summed E-state index contributed by atoms with van der Waals surface area (Å²) < 4.78 is 28.1. The van der Waals surface area contributed by atoms with Crippen molar-refractivity contribution < 1.29 is 17.9 Å². The minimum atomic E-state index is -3.23. The lowest BCUT2D eigenvalue weighted by Crippen LogP contribution is -2.79. The van der Waals surface area contributed by atoms with E-state index >= 15 is 0 Å². The molecule has 0 aliphatic heterocycles. The van der Waals surface area contributed by atoms with Gasteiger partial charge in [-0.2, -0.15) is 10.5 Å². The lowest BCUT2D eigenvalue weighted by molar-refractivity contribution is -0.512. The molecule has 1 aromatic carbocycles. The highest BCUT2D eigenvalue weighted by atomic mass is 32.2. The number of benzene rings is 1. The van der Waals surface area contributed by atoms with E-state index < -0.39 is 9.84 Å². The molecular formula is C18H24N6O2S+2. The second-order valence-electron chi connectivity index (χ2n) is 6.11. The molecule has 142 valence electrons.